The number of carbonyl (C=O) groups is 1. The van der Waals surface area contributed by atoms with Crippen LogP contribution >= 0.6 is 11.6 Å². The summed E-state index contributed by atoms with van der Waals surface area (Å²) in [5.74, 6) is 0.599. The Morgan fingerprint density at radius 2 is 2.15 bits per heavy atom. The number of piperazine rings is 1. The maximum Gasteiger partial charge on any atom is 0.317 e. The molecule has 4 nitrogen and oxygen atoms in total. The number of hydrogen-bond acceptors (Lipinski definition) is 2. The summed E-state index contributed by atoms with van der Waals surface area (Å²) in [6.07, 6.45) is 0.833. The van der Waals surface area contributed by atoms with Gasteiger partial charge in [-0.1, -0.05) is 0 Å². The van der Waals surface area contributed by atoms with Crippen LogP contribution in [0.25, 0.3) is 0 Å². The third kappa shape index (κ3) is 3.83. The molecule has 0 atom stereocenters. The van der Waals surface area contributed by atoms with Gasteiger partial charge in [-0.3, -0.25) is 0 Å². The lowest BCUT2D eigenvalue weighted by Gasteiger charge is -2.27. The molecule has 5 heteroatoms. The van der Waals surface area contributed by atoms with Gasteiger partial charge in [-0.25, -0.2) is 4.79 Å². The number of halogens is 1. The minimum absolute atomic E-state index is 0.0339. The zero-order chi connectivity index (χ0) is 9.52. The van der Waals surface area contributed by atoms with Gasteiger partial charge in [0.1, 0.15) is 0 Å². The SMILES string of the molecule is O=C(NCCCCl)N1CCNCC1. The van der Waals surface area contributed by atoms with Gasteiger partial charge >= 0.3 is 6.03 Å². The lowest BCUT2D eigenvalue weighted by molar-refractivity contribution is 0.190. The molecular formula is C8H16ClN3O. The van der Waals surface area contributed by atoms with Crippen molar-refractivity contribution in [2.45, 2.75) is 6.42 Å². The highest BCUT2D eigenvalue weighted by Crippen LogP contribution is 1.92. The second kappa shape index (κ2) is 6.05. The molecule has 0 radical (unpaired) electrons. The van der Waals surface area contributed by atoms with E-state index < -0.39 is 0 Å². The number of amides is 2. The quantitative estimate of drug-likeness (QED) is 0.512. The molecule has 1 aliphatic rings. The van der Waals surface area contributed by atoms with Crippen LogP contribution in [0.1, 0.15) is 6.42 Å². The van der Waals surface area contributed by atoms with E-state index in [0.717, 1.165) is 32.6 Å². The molecular weight excluding hydrogens is 190 g/mol. The summed E-state index contributed by atoms with van der Waals surface area (Å²) in [5, 5.41) is 6.02. The van der Waals surface area contributed by atoms with Gasteiger partial charge < -0.3 is 15.5 Å². The van der Waals surface area contributed by atoms with Crippen LogP contribution in [0.2, 0.25) is 0 Å². The maximum absolute atomic E-state index is 11.4. The third-order valence-corrected chi connectivity index (χ3v) is 2.26. The fourth-order valence-electron chi connectivity index (χ4n) is 1.24. The monoisotopic (exact) mass is 205 g/mol. The largest absolute Gasteiger partial charge is 0.338 e. The second-order valence-electron chi connectivity index (χ2n) is 3.01. The summed E-state index contributed by atoms with van der Waals surface area (Å²) >= 11 is 5.50. The van der Waals surface area contributed by atoms with Crippen molar-refractivity contribution in [3.05, 3.63) is 0 Å². The van der Waals surface area contributed by atoms with Crippen molar-refractivity contribution in [2.24, 2.45) is 0 Å². The molecule has 0 spiro atoms. The maximum atomic E-state index is 11.4. The first-order chi connectivity index (χ1) is 6.34. The Morgan fingerprint density at radius 1 is 1.46 bits per heavy atom. The highest BCUT2D eigenvalue weighted by atomic mass is 35.5. The van der Waals surface area contributed by atoms with Gasteiger partial charge in [-0.05, 0) is 6.42 Å². The van der Waals surface area contributed by atoms with Crippen LogP contribution < -0.4 is 10.6 Å². The van der Waals surface area contributed by atoms with Crippen molar-refractivity contribution in [3.63, 3.8) is 0 Å². The number of urea groups is 1. The zero-order valence-electron chi connectivity index (χ0n) is 7.68. The van der Waals surface area contributed by atoms with E-state index in [9.17, 15) is 4.79 Å². The summed E-state index contributed by atoms with van der Waals surface area (Å²) in [7, 11) is 0. The van der Waals surface area contributed by atoms with Gasteiger partial charge in [0.15, 0.2) is 0 Å². The Kier molecular flexibility index (Phi) is 4.93. The van der Waals surface area contributed by atoms with Gasteiger partial charge in [0, 0.05) is 38.6 Å². The minimum atomic E-state index is 0.0339. The molecule has 0 unspecified atom stereocenters. The average Bonchev–Trinajstić information content (AvgIpc) is 2.19. The van der Waals surface area contributed by atoms with Crippen LogP contribution in [0.5, 0.6) is 0 Å². The van der Waals surface area contributed by atoms with E-state index >= 15 is 0 Å². The molecule has 1 heterocycles. The first-order valence-corrected chi connectivity index (χ1v) is 5.17. The number of carbonyl (C=O) groups excluding carboxylic acids is 1. The molecule has 1 aliphatic heterocycles. The van der Waals surface area contributed by atoms with E-state index in [2.05, 4.69) is 10.6 Å². The van der Waals surface area contributed by atoms with Gasteiger partial charge in [0.2, 0.25) is 0 Å². The molecule has 0 aromatic heterocycles. The van der Waals surface area contributed by atoms with Gasteiger partial charge in [-0.15, -0.1) is 11.6 Å². The molecule has 0 aromatic carbocycles. The predicted octanol–water partition coefficient (Wildman–Crippen LogP) is 0.230. The van der Waals surface area contributed by atoms with Crippen molar-refractivity contribution in [1.82, 2.24) is 15.5 Å². The van der Waals surface area contributed by atoms with E-state index in [4.69, 9.17) is 11.6 Å². The van der Waals surface area contributed by atoms with E-state index in [-0.39, 0.29) is 6.03 Å². The molecule has 76 valence electrons. The second-order valence-corrected chi connectivity index (χ2v) is 3.39. The Bertz CT molecular complexity index is 159. The van der Waals surface area contributed by atoms with E-state index in [0.29, 0.717) is 12.4 Å². The molecule has 2 amide bonds. The van der Waals surface area contributed by atoms with Gasteiger partial charge in [0.25, 0.3) is 0 Å². The van der Waals surface area contributed by atoms with Crippen LogP contribution in [0.3, 0.4) is 0 Å². The number of nitrogens with zero attached hydrogens (tertiary/aromatic N) is 1. The molecule has 0 bridgehead atoms. The first-order valence-electron chi connectivity index (χ1n) is 4.64. The predicted molar refractivity (Wildman–Crippen MR) is 53.2 cm³/mol. The summed E-state index contributed by atoms with van der Waals surface area (Å²) in [6, 6.07) is 0.0339. The zero-order valence-corrected chi connectivity index (χ0v) is 8.44. The number of rotatable bonds is 3. The Labute approximate surface area is 83.6 Å². The molecule has 0 aliphatic carbocycles. The molecule has 1 rings (SSSR count). The highest BCUT2D eigenvalue weighted by molar-refractivity contribution is 6.17. The van der Waals surface area contributed by atoms with E-state index in [1.807, 2.05) is 4.90 Å². The van der Waals surface area contributed by atoms with Crippen LogP contribution in [0.15, 0.2) is 0 Å². The lowest BCUT2D eigenvalue weighted by atomic mass is 10.4. The van der Waals surface area contributed by atoms with Crippen LogP contribution in [0.4, 0.5) is 4.79 Å². The van der Waals surface area contributed by atoms with Crippen molar-refractivity contribution in [1.29, 1.82) is 0 Å². The Hall–Kier alpha value is -0.480. The van der Waals surface area contributed by atoms with Gasteiger partial charge in [0.05, 0.1) is 0 Å². The smallest absolute Gasteiger partial charge is 0.317 e. The minimum Gasteiger partial charge on any atom is -0.338 e. The topological polar surface area (TPSA) is 44.4 Å². The normalized spacial score (nSPS) is 17.2. The third-order valence-electron chi connectivity index (χ3n) is 1.99. The molecule has 1 saturated heterocycles. The summed E-state index contributed by atoms with van der Waals surface area (Å²) < 4.78 is 0. The molecule has 0 saturated carbocycles. The summed E-state index contributed by atoms with van der Waals surface area (Å²) in [4.78, 5) is 13.2. The number of nitrogens with one attached hydrogen (secondary N) is 2. The number of hydrogen-bond donors (Lipinski definition) is 2. The van der Waals surface area contributed by atoms with E-state index in [1.165, 1.54) is 0 Å². The first kappa shape index (κ1) is 10.6. The standard InChI is InChI=1S/C8H16ClN3O/c9-2-1-3-11-8(13)12-6-4-10-5-7-12/h10H,1-7H2,(H,11,13). The van der Waals surface area contributed by atoms with Gasteiger partial charge in [-0.2, -0.15) is 0 Å². The van der Waals surface area contributed by atoms with Crippen LogP contribution in [-0.2, 0) is 0 Å². The molecule has 2 N–H and O–H groups in total. The average molecular weight is 206 g/mol. The van der Waals surface area contributed by atoms with Crippen molar-refractivity contribution in [3.8, 4) is 0 Å². The Morgan fingerprint density at radius 3 is 2.77 bits per heavy atom. The van der Waals surface area contributed by atoms with Crippen molar-refractivity contribution in [2.75, 3.05) is 38.6 Å². The van der Waals surface area contributed by atoms with Crippen LogP contribution in [-0.4, -0.2) is 49.5 Å². The molecule has 0 aromatic rings. The fraction of sp³-hybridized carbons (Fsp3) is 0.875. The van der Waals surface area contributed by atoms with Crippen molar-refractivity contribution < 1.29 is 4.79 Å². The molecule has 13 heavy (non-hydrogen) atoms. The van der Waals surface area contributed by atoms with Crippen LogP contribution in [0, 0.1) is 0 Å². The van der Waals surface area contributed by atoms with Crippen molar-refractivity contribution >= 4 is 17.6 Å². The lowest BCUT2D eigenvalue weighted by Crippen LogP contribution is -2.50. The number of alkyl halides is 1. The highest BCUT2D eigenvalue weighted by Gasteiger charge is 2.14. The summed E-state index contributed by atoms with van der Waals surface area (Å²) in [6.45, 7) is 4.05. The molecule has 1 fully saturated rings. The van der Waals surface area contributed by atoms with E-state index in [1.54, 1.807) is 0 Å². The Balaban J connectivity index is 2.13. The summed E-state index contributed by atoms with van der Waals surface area (Å²) in [5.41, 5.74) is 0. The fourth-order valence-corrected chi connectivity index (χ4v) is 1.38.